The van der Waals surface area contributed by atoms with Gasteiger partial charge in [-0.3, -0.25) is 4.79 Å². The third-order valence-corrected chi connectivity index (χ3v) is 8.62. The minimum absolute atomic E-state index is 0.0732. The number of carbonyl (C=O) groups is 2. The molecule has 2 aromatic rings. The van der Waals surface area contributed by atoms with E-state index in [1.165, 1.54) is 67.8 Å². The first-order chi connectivity index (χ1) is 15.1. The number of fused-ring (bicyclic) bond motifs is 1. The fraction of sp³-hybridized carbons (Fsp3) is 0.478. The first-order valence-electron chi connectivity index (χ1n) is 10.8. The zero-order valence-electron chi connectivity index (χ0n) is 18.9. The molecule has 1 aromatic heterocycles. The zero-order chi connectivity index (χ0) is 23.5. The lowest BCUT2D eigenvalue weighted by atomic mass is 10.00. The molecule has 9 heteroatoms. The summed E-state index contributed by atoms with van der Waals surface area (Å²) in [6, 6.07) is 6.44. The van der Waals surface area contributed by atoms with Crippen LogP contribution in [0.2, 0.25) is 0 Å². The van der Waals surface area contributed by atoms with Crippen LogP contribution < -0.4 is 5.32 Å². The van der Waals surface area contributed by atoms with Gasteiger partial charge in [0.1, 0.15) is 4.88 Å². The second-order valence-corrected chi connectivity index (χ2v) is 11.6. The Kier molecular flexibility index (Phi) is 7.74. The number of hydrogen-bond acceptors (Lipinski definition) is 6. The number of nitrogens with one attached hydrogen (secondary N) is 1. The van der Waals surface area contributed by atoms with Gasteiger partial charge >= 0.3 is 5.97 Å². The van der Waals surface area contributed by atoms with Crippen molar-refractivity contribution in [1.82, 2.24) is 4.31 Å². The Morgan fingerprint density at radius 1 is 1.09 bits per heavy atom. The largest absolute Gasteiger partial charge is 0.448 e. The van der Waals surface area contributed by atoms with Crippen LogP contribution in [0.15, 0.2) is 29.2 Å². The minimum Gasteiger partial charge on any atom is -0.448 e. The van der Waals surface area contributed by atoms with Gasteiger partial charge in [0.05, 0.1) is 4.90 Å². The normalized spacial score (nSPS) is 15.4. The Balaban J connectivity index is 1.69. The van der Waals surface area contributed by atoms with E-state index in [4.69, 9.17) is 4.74 Å². The van der Waals surface area contributed by atoms with Crippen molar-refractivity contribution in [1.29, 1.82) is 0 Å². The lowest BCUT2D eigenvalue weighted by Gasteiger charge is -2.16. The van der Waals surface area contributed by atoms with E-state index in [0.717, 1.165) is 30.0 Å². The monoisotopic (exact) mass is 478 g/mol. The lowest BCUT2D eigenvalue weighted by Crippen LogP contribution is -2.30. The molecule has 1 heterocycles. The lowest BCUT2D eigenvalue weighted by molar-refractivity contribution is -0.123. The molecular weight excluding hydrogens is 448 g/mol. The molecular formula is C23H30N2O5S2. The molecule has 1 aromatic carbocycles. The first kappa shape index (κ1) is 24.4. The summed E-state index contributed by atoms with van der Waals surface area (Å²) in [4.78, 5) is 27.2. The van der Waals surface area contributed by atoms with Gasteiger partial charge in [-0.25, -0.2) is 17.5 Å². The molecule has 0 aliphatic heterocycles. The van der Waals surface area contributed by atoms with Crippen LogP contribution in [0.3, 0.4) is 0 Å². The molecule has 0 saturated carbocycles. The van der Waals surface area contributed by atoms with E-state index in [-0.39, 0.29) is 4.90 Å². The maximum atomic E-state index is 12.7. The predicted molar refractivity (Wildman–Crippen MR) is 126 cm³/mol. The van der Waals surface area contributed by atoms with Crippen LogP contribution in [0.1, 0.15) is 58.3 Å². The molecule has 1 N–H and O–H groups in total. The molecule has 1 unspecified atom stereocenters. The standard InChI is InChI=1S/C23H30N2O5S2/c1-15-11-12-18(32(28,29)25(3)4)14-19(15)24-22(26)16(2)30-23(27)21-13-17-9-7-5-6-8-10-20(17)31-21/h11-14,16H,5-10H2,1-4H3,(H,24,26). The van der Waals surface area contributed by atoms with E-state index >= 15 is 0 Å². The van der Waals surface area contributed by atoms with Gasteiger partial charge in [0, 0.05) is 24.7 Å². The molecule has 0 saturated heterocycles. The summed E-state index contributed by atoms with van der Waals surface area (Å²) in [5.41, 5.74) is 2.28. The van der Waals surface area contributed by atoms with Crippen molar-refractivity contribution in [2.75, 3.05) is 19.4 Å². The zero-order valence-corrected chi connectivity index (χ0v) is 20.6. The molecule has 0 radical (unpaired) electrons. The highest BCUT2D eigenvalue weighted by Gasteiger charge is 2.24. The van der Waals surface area contributed by atoms with E-state index in [9.17, 15) is 18.0 Å². The minimum atomic E-state index is -3.64. The van der Waals surface area contributed by atoms with Crippen LogP contribution in [0.5, 0.6) is 0 Å². The number of carbonyl (C=O) groups excluding carboxylic acids is 2. The summed E-state index contributed by atoms with van der Waals surface area (Å²) >= 11 is 1.46. The number of anilines is 1. The van der Waals surface area contributed by atoms with Gasteiger partial charge in [0.25, 0.3) is 5.91 Å². The summed E-state index contributed by atoms with van der Waals surface area (Å²) in [7, 11) is -0.746. The van der Waals surface area contributed by atoms with E-state index < -0.39 is 28.0 Å². The number of amides is 1. The second-order valence-electron chi connectivity index (χ2n) is 8.27. The van der Waals surface area contributed by atoms with Crippen LogP contribution in [-0.2, 0) is 32.4 Å². The molecule has 1 aliphatic rings. The number of benzene rings is 1. The maximum Gasteiger partial charge on any atom is 0.349 e. The fourth-order valence-electron chi connectivity index (χ4n) is 3.56. The van der Waals surface area contributed by atoms with Crippen molar-refractivity contribution in [2.45, 2.75) is 63.4 Å². The topological polar surface area (TPSA) is 92.8 Å². The van der Waals surface area contributed by atoms with Crippen molar-refractivity contribution < 1.29 is 22.7 Å². The Morgan fingerprint density at radius 2 is 1.78 bits per heavy atom. The highest BCUT2D eigenvalue weighted by Crippen LogP contribution is 2.29. The molecule has 0 spiro atoms. The van der Waals surface area contributed by atoms with E-state index in [1.54, 1.807) is 13.0 Å². The predicted octanol–water partition coefficient (Wildman–Crippen LogP) is 4.15. The van der Waals surface area contributed by atoms with Gasteiger partial charge in [-0.1, -0.05) is 18.9 Å². The smallest absolute Gasteiger partial charge is 0.349 e. The number of rotatable bonds is 6. The van der Waals surface area contributed by atoms with Crippen molar-refractivity contribution in [2.24, 2.45) is 0 Å². The van der Waals surface area contributed by atoms with Crippen molar-refractivity contribution in [3.63, 3.8) is 0 Å². The Morgan fingerprint density at radius 3 is 2.47 bits per heavy atom. The van der Waals surface area contributed by atoms with Gasteiger partial charge in [-0.15, -0.1) is 11.3 Å². The van der Waals surface area contributed by atoms with Gasteiger partial charge in [0.15, 0.2) is 6.10 Å². The third kappa shape index (κ3) is 5.57. The average molecular weight is 479 g/mol. The van der Waals surface area contributed by atoms with Crippen LogP contribution in [0, 0.1) is 6.92 Å². The number of sulfonamides is 1. The summed E-state index contributed by atoms with van der Waals surface area (Å²) in [5, 5.41) is 2.69. The van der Waals surface area contributed by atoms with Crippen LogP contribution in [0.4, 0.5) is 5.69 Å². The van der Waals surface area contributed by atoms with E-state index in [1.807, 2.05) is 6.07 Å². The molecule has 7 nitrogen and oxygen atoms in total. The molecule has 0 bridgehead atoms. The number of thiophene rings is 1. The number of ether oxygens (including phenoxy) is 1. The summed E-state index contributed by atoms with van der Waals surface area (Å²) < 4.78 is 31.3. The molecule has 32 heavy (non-hydrogen) atoms. The van der Waals surface area contributed by atoms with Crippen molar-refractivity contribution in [3.8, 4) is 0 Å². The molecule has 174 valence electrons. The summed E-state index contributed by atoms with van der Waals surface area (Å²) in [6.45, 7) is 3.27. The SMILES string of the molecule is Cc1ccc(S(=O)(=O)N(C)C)cc1NC(=O)C(C)OC(=O)c1cc2c(s1)CCCCCC2. The highest BCUT2D eigenvalue weighted by atomic mass is 32.2. The molecule has 3 rings (SSSR count). The quantitative estimate of drug-likeness (QED) is 0.630. The van der Waals surface area contributed by atoms with E-state index in [2.05, 4.69) is 5.32 Å². The second kappa shape index (κ2) is 10.1. The highest BCUT2D eigenvalue weighted by molar-refractivity contribution is 7.89. The summed E-state index contributed by atoms with van der Waals surface area (Å²) in [5.74, 6) is -1.03. The number of aryl methyl sites for hydroxylation is 3. The molecule has 1 aliphatic carbocycles. The Hall–Kier alpha value is -2.23. The van der Waals surface area contributed by atoms with Gasteiger partial charge in [-0.2, -0.15) is 0 Å². The molecule has 1 amide bonds. The van der Waals surface area contributed by atoms with Crippen molar-refractivity contribution in [3.05, 3.63) is 45.1 Å². The Bertz CT molecular complexity index is 1080. The van der Waals surface area contributed by atoms with Crippen molar-refractivity contribution >= 4 is 38.9 Å². The van der Waals surface area contributed by atoms with Gasteiger partial charge in [-0.05, 0) is 68.9 Å². The van der Waals surface area contributed by atoms with Crippen LogP contribution in [0.25, 0.3) is 0 Å². The maximum absolute atomic E-state index is 12.7. The molecule has 1 atom stereocenters. The van der Waals surface area contributed by atoms with E-state index in [0.29, 0.717) is 16.1 Å². The molecule has 0 fully saturated rings. The van der Waals surface area contributed by atoms with Crippen LogP contribution in [-0.4, -0.2) is 44.8 Å². The number of esters is 1. The summed E-state index contributed by atoms with van der Waals surface area (Å²) in [6.07, 6.45) is 5.60. The third-order valence-electron chi connectivity index (χ3n) is 5.60. The first-order valence-corrected chi connectivity index (χ1v) is 13.0. The average Bonchev–Trinajstić information content (AvgIpc) is 3.11. The fourth-order valence-corrected chi connectivity index (χ4v) is 5.62. The van der Waals surface area contributed by atoms with Gasteiger partial charge < -0.3 is 10.1 Å². The number of hydrogen-bond donors (Lipinski definition) is 1. The van der Waals surface area contributed by atoms with Crippen LogP contribution >= 0.6 is 11.3 Å². The number of nitrogens with zero attached hydrogens (tertiary/aromatic N) is 1. The Labute approximate surface area is 193 Å². The van der Waals surface area contributed by atoms with Gasteiger partial charge in [0.2, 0.25) is 10.0 Å².